The van der Waals surface area contributed by atoms with E-state index in [4.69, 9.17) is 9.84 Å². The van der Waals surface area contributed by atoms with E-state index in [9.17, 15) is 4.79 Å². The van der Waals surface area contributed by atoms with E-state index >= 15 is 0 Å². The lowest BCUT2D eigenvalue weighted by atomic mass is 10.1. The molecule has 2 rings (SSSR count). The van der Waals surface area contributed by atoms with Gasteiger partial charge in [-0.3, -0.25) is 4.79 Å². The number of aliphatic hydroxyl groups is 1. The minimum Gasteiger partial charge on any atom is -0.396 e. The molecule has 0 heterocycles. The number of methoxy groups -OCH3 is 1. The van der Waals surface area contributed by atoms with E-state index in [2.05, 4.69) is 5.32 Å². The van der Waals surface area contributed by atoms with Gasteiger partial charge in [0.25, 0.3) is 5.91 Å². The van der Waals surface area contributed by atoms with Gasteiger partial charge in [-0.05, 0) is 36.8 Å². The maximum absolute atomic E-state index is 12.3. The van der Waals surface area contributed by atoms with Gasteiger partial charge in [0.15, 0.2) is 0 Å². The Morgan fingerprint density at radius 3 is 2.84 bits per heavy atom. The lowest BCUT2D eigenvalue weighted by molar-refractivity contribution is 0.0919. The lowest BCUT2D eigenvalue weighted by Crippen LogP contribution is -2.37. The minimum atomic E-state index is -0.0713. The van der Waals surface area contributed by atoms with Crippen molar-refractivity contribution >= 4 is 5.91 Å². The summed E-state index contributed by atoms with van der Waals surface area (Å²) in [4.78, 5) is 12.3. The van der Waals surface area contributed by atoms with Crippen molar-refractivity contribution in [1.82, 2.24) is 5.32 Å². The van der Waals surface area contributed by atoms with Crippen LogP contribution in [0, 0.1) is 5.92 Å². The number of ether oxygens (including phenoxy) is 1. The molecule has 0 saturated heterocycles. The number of benzene rings is 1. The van der Waals surface area contributed by atoms with Gasteiger partial charge in [0.2, 0.25) is 0 Å². The van der Waals surface area contributed by atoms with Gasteiger partial charge in [0.05, 0.1) is 6.61 Å². The standard InChI is InChI=1S/C15H21NO3/c1-19-10-12-4-2-3-5-13(12)15(18)16-14(8-9-17)11-6-7-11/h2-5,11,14,17H,6-10H2,1H3,(H,16,18). The van der Waals surface area contributed by atoms with Crippen LogP contribution in [-0.2, 0) is 11.3 Å². The first-order chi connectivity index (χ1) is 9.26. The highest BCUT2D eigenvalue weighted by Gasteiger charge is 2.32. The Balaban J connectivity index is 2.05. The summed E-state index contributed by atoms with van der Waals surface area (Å²) in [7, 11) is 1.62. The van der Waals surface area contributed by atoms with Gasteiger partial charge < -0.3 is 15.2 Å². The van der Waals surface area contributed by atoms with Crippen molar-refractivity contribution in [3.8, 4) is 0 Å². The Bertz CT molecular complexity index is 429. The fourth-order valence-corrected chi connectivity index (χ4v) is 2.33. The molecule has 2 N–H and O–H groups in total. The van der Waals surface area contributed by atoms with Crippen LogP contribution in [0.25, 0.3) is 0 Å². The summed E-state index contributed by atoms with van der Waals surface area (Å²) in [6.07, 6.45) is 2.91. The molecule has 1 aliphatic carbocycles. The number of hydrogen-bond donors (Lipinski definition) is 2. The van der Waals surface area contributed by atoms with Gasteiger partial charge in [0, 0.05) is 25.3 Å². The van der Waals surface area contributed by atoms with E-state index in [1.807, 2.05) is 24.3 Å². The third kappa shape index (κ3) is 3.78. The van der Waals surface area contributed by atoms with Gasteiger partial charge in [-0.25, -0.2) is 0 Å². The minimum absolute atomic E-state index is 0.0713. The molecular formula is C15H21NO3. The van der Waals surface area contributed by atoms with Gasteiger partial charge in [0.1, 0.15) is 0 Å². The molecule has 19 heavy (non-hydrogen) atoms. The highest BCUT2D eigenvalue weighted by Crippen LogP contribution is 2.34. The molecule has 104 valence electrons. The van der Waals surface area contributed by atoms with Gasteiger partial charge in [-0.2, -0.15) is 0 Å². The smallest absolute Gasteiger partial charge is 0.251 e. The molecule has 1 atom stereocenters. The SMILES string of the molecule is COCc1ccccc1C(=O)NC(CCO)C1CC1. The molecule has 0 aliphatic heterocycles. The van der Waals surface area contributed by atoms with Crippen LogP contribution in [0.4, 0.5) is 0 Å². The molecule has 1 fully saturated rings. The predicted molar refractivity (Wildman–Crippen MR) is 72.8 cm³/mol. The zero-order valence-corrected chi connectivity index (χ0v) is 11.3. The van der Waals surface area contributed by atoms with E-state index < -0.39 is 0 Å². The van der Waals surface area contributed by atoms with Crippen LogP contribution >= 0.6 is 0 Å². The second kappa shape index (κ2) is 6.68. The molecule has 0 aromatic heterocycles. The number of aliphatic hydroxyl groups excluding tert-OH is 1. The molecule has 0 radical (unpaired) electrons. The zero-order chi connectivity index (χ0) is 13.7. The fraction of sp³-hybridized carbons (Fsp3) is 0.533. The average Bonchev–Trinajstić information content (AvgIpc) is 3.23. The van der Waals surface area contributed by atoms with Crippen LogP contribution in [0.2, 0.25) is 0 Å². The first-order valence-corrected chi connectivity index (χ1v) is 6.74. The second-order valence-corrected chi connectivity index (χ2v) is 5.02. The molecule has 1 aliphatic rings. The summed E-state index contributed by atoms with van der Waals surface area (Å²) in [6, 6.07) is 7.56. The summed E-state index contributed by atoms with van der Waals surface area (Å²) in [6.45, 7) is 0.541. The van der Waals surface area contributed by atoms with Crippen molar-refractivity contribution in [3.05, 3.63) is 35.4 Å². The summed E-state index contributed by atoms with van der Waals surface area (Å²) in [5.74, 6) is 0.462. The summed E-state index contributed by atoms with van der Waals surface area (Å²) in [5.41, 5.74) is 1.55. The Morgan fingerprint density at radius 2 is 2.21 bits per heavy atom. The molecule has 1 saturated carbocycles. The number of rotatable bonds is 7. The molecule has 1 aromatic rings. The van der Waals surface area contributed by atoms with Crippen molar-refractivity contribution in [2.45, 2.75) is 31.9 Å². The van der Waals surface area contributed by atoms with Gasteiger partial charge in [-0.1, -0.05) is 18.2 Å². The van der Waals surface area contributed by atoms with Gasteiger partial charge in [-0.15, -0.1) is 0 Å². The largest absolute Gasteiger partial charge is 0.396 e. The lowest BCUT2D eigenvalue weighted by Gasteiger charge is -2.18. The van der Waals surface area contributed by atoms with Crippen molar-refractivity contribution in [1.29, 1.82) is 0 Å². The Labute approximate surface area is 113 Å². The van der Waals surface area contributed by atoms with E-state index in [1.165, 1.54) is 0 Å². The normalized spacial score (nSPS) is 16.1. The highest BCUT2D eigenvalue weighted by atomic mass is 16.5. The van der Waals surface area contributed by atoms with Crippen LogP contribution in [0.5, 0.6) is 0 Å². The third-order valence-corrected chi connectivity index (χ3v) is 3.51. The van der Waals surface area contributed by atoms with E-state index in [1.54, 1.807) is 7.11 Å². The summed E-state index contributed by atoms with van der Waals surface area (Å²) in [5, 5.41) is 12.1. The quantitative estimate of drug-likeness (QED) is 0.787. The van der Waals surface area contributed by atoms with E-state index in [0.29, 0.717) is 24.5 Å². The second-order valence-electron chi connectivity index (χ2n) is 5.02. The number of amides is 1. The molecule has 1 aromatic carbocycles. The van der Waals surface area contributed by atoms with Crippen LogP contribution < -0.4 is 5.32 Å². The third-order valence-electron chi connectivity index (χ3n) is 3.51. The number of carbonyl (C=O) groups is 1. The molecule has 0 spiro atoms. The molecular weight excluding hydrogens is 242 g/mol. The average molecular weight is 263 g/mol. The Hall–Kier alpha value is -1.39. The summed E-state index contributed by atoms with van der Waals surface area (Å²) < 4.78 is 5.11. The Kier molecular flexibility index (Phi) is 4.93. The topological polar surface area (TPSA) is 58.6 Å². The zero-order valence-electron chi connectivity index (χ0n) is 11.3. The van der Waals surface area contributed by atoms with E-state index in [0.717, 1.165) is 18.4 Å². The van der Waals surface area contributed by atoms with Crippen molar-refractivity contribution < 1.29 is 14.6 Å². The van der Waals surface area contributed by atoms with Crippen LogP contribution in [-0.4, -0.2) is 30.8 Å². The molecule has 0 bridgehead atoms. The predicted octanol–water partition coefficient (Wildman–Crippen LogP) is 1.72. The van der Waals surface area contributed by atoms with Crippen LogP contribution in [0.3, 0.4) is 0 Å². The molecule has 4 heteroatoms. The molecule has 4 nitrogen and oxygen atoms in total. The first-order valence-electron chi connectivity index (χ1n) is 6.74. The van der Waals surface area contributed by atoms with E-state index in [-0.39, 0.29) is 18.6 Å². The van der Waals surface area contributed by atoms with Crippen molar-refractivity contribution in [3.63, 3.8) is 0 Å². The number of carbonyl (C=O) groups excluding carboxylic acids is 1. The van der Waals surface area contributed by atoms with Crippen LogP contribution in [0.15, 0.2) is 24.3 Å². The molecule has 1 amide bonds. The molecule has 1 unspecified atom stereocenters. The summed E-state index contributed by atoms with van der Waals surface area (Å²) >= 11 is 0. The van der Waals surface area contributed by atoms with Crippen molar-refractivity contribution in [2.75, 3.05) is 13.7 Å². The maximum atomic E-state index is 12.3. The van der Waals surface area contributed by atoms with Crippen LogP contribution in [0.1, 0.15) is 35.2 Å². The number of nitrogens with one attached hydrogen (secondary N) is 1. The van der Waals surface area contributed by atoms with Gasteiger partial charge >= 0.3 is 0 Å². The maximum Gasteiger partial charge on any atom is 0.251 e. The fourth-order valence-electron chi connectivity index (χ4n) is 2.33. The van der Waals surface area contributed by atoms with Crippen molar-refractivity contribution in [2.24, 2.45) is 5.92 Å². The number of hydrogen-bond acceptors (Lipinski definition) is 3. The highest BCUT2D eigenvalue weighted by molar-refractivity contribution is 5.95. The monoisotopic (exact) mass is 263 g/mol. The Morgan fingerprint density at radius 1 is 1.47 bits per heavy atom. The first kappa shape index (κ1) is 14.0.